The van der Waals surface area contributed by atoms with Gasteiger partial charge in [0.1, 0.15) is 5.60 Å². The van der Waals surface area contributed by atoms with E-state index in [4.69, 9.17) is 9.47 Å². The first kappa shape index (κ1) is 16.7. The fourth-order valence-corrected chi connectivity index (χ4v) is 1.13. The van der Waals surface area contributed by atoms with Crippen LogP contribution in [0.4, 0.5) is 4.79 Å². The van der Waals surface area contributed by atoms with Crippen LogP contribution in [0.5, 0.6) is 0 Å². The number of carbonyl (C=O) groups excluding carboxylic acids is 2. The summed E-state index contributed by atoms with van der Waals surface area (Å²) in [7, 11) is 0. The van der Waals surface area contributed by atoms with Gasteiger partial charge in [-0.3, -0.25) is 5.32 Å². The van der Waals surface area contributed by atoms with Crippen LogP contribution in [0, 0.1) is 5.92 Å². The topological polar surface area (TPSA) is 84.9 Å². The molecule has 1 unspecified atom stereocenters. The van der Waals surface area contributed by atoms with Crippen LogP contribution in [-0.4, -0.2) is 35.1 Å². The third-order valence-corrected chi connectivity index (χ3v) is 2.11. The maximum Gasteiger partial charge on any atom is 0.410 e. The largest absolute Gasteiger partial charge is 0.462 e. The van der Waals surface area contributed by atoms with E-state index in [1.807, 2.05) is 0 Å². The molecule has 0 radical (unpaired) electrons. The molecule has 0 rings (SSSR count). The van der Waals surface area contributed by atoms with Gasteiger partial charge >= 0.3 is 12.1 Å². The molecule has 0 bridgehead atoms. The summed E-state index contributed by atoms with van der Waals surface area (Å²) in [6, 6.07) is 0. The van der Waals surface area contributed by atoms with E-state index in [1.165, 1.54) is 0 Å². The van der Waals surface area contributed by atoms with E-state index < -0.39 is 29.3 Å². The van der Waals surface area contributed by atoms with E-state index in [1.54, 1.807) is 41.5 Å². The zero-order valence-corrected chi connectivity index (χ0v) is 11.9. The van der Waals surface area contributed by atoms with E-state index in [0.717, 1.165) is 0 Å². The minimum absolute atomic E-state index is 0.115. The Kier molecular flexibility index (Phi) is 5.60. The van der Waals surface area contributed by atoms with E-state index >= 15 is 0 Å². The van der Waals surface area contributed by atoms with Crippen molar-refractivity contribution in [1.82, 2.24) is 5.32 Å². The number of hydrogen-bond acceptors (Lipinski definition) is 5. The van der Waals surface area contributed by atoms with Gasteiger partial charge < -0.3 is 14.6 Å². The summed E-state index contributed by atoms with van der Waals surface area (Å²) in [5, 5.41) is 12.3. The van der Waals surface area contributed by atoms with Crippen molar-refractivity contribution in [3.63, 3.8) is 0 Å². The van der Waals surface area contributed by atoms with Gasteiger partial charge in [0.05, 0.1) is 6.61 Å². The molecule has 6 nitrogen and oxygen atoms in total. The van der Waals surface area contributed by atoms with Gasteiger partial charge in [0.15, 0.2) is 0 Å². The molecule has 0 aromatic heterocycles. The Hall–Kier alpha value is -1.30. The smallest absolute Gasteiger partial charge is 0.410 e. The molecule has 0 aromatic rings. The monoisotopic (exact) mass is 261 g/mol. The first-order valence-corrected chi connectivity index (χ1v) is 5.93. The van der Waals surface area contributed by atoms with Crippen molar-refractivity contribution in [2.45, 2.75) is 52.9 Å². The van der Waals surface area contributed by atoms with Crippen molar-refractivity contribution in [2.75, 3.05) is 6.61 Å². The number of aliphatic hydroxyl groups is 1. The van der Waals surface area contributed by atoms with Gasteiger partial charge in [-0.2, -0.15) is 0 Å². The average molecular weight is 261 g/mol. The maximum atomic E-state index is 11.7. The Morgan fingerprint density at radius 2 is 1.78 bits per heavy atom. The highest BCUT2D eigenvalue weighted by Gasteiger charge is 2.43. The van der Waals surface area contributed by atoms with Crippen molar-refractivity contribution in [1.29, 1.82) is 0 Å². The third kappa shape index (κ3) is 4.91. The predicted molar refractivity (Wildman–Crippen MR) is 65.8 cm³/mol. The SMILES string of the molecule is CCOC(=O)C(O)(NC(=O)OC(C)(C)C)C(C)C. The van der Waals surface area contributed by atoms with Crippen LogP contribution in [0.25, 0.3) is 0 Å². The molecule has 6 heteroatoms. The standard InChI is InChI=1S/C12H23NO5/c1-7-17-9(14)12(16,8(2)3)13-10(15)18-11(4,5)6/h8,16H,7H2,1-6H3,(H,13,15). The van der Waals surface area contributed by atoms with Crippen molar-refractivity contribution < 1.29 is 24.2 Å². The second kappa shape index (κ2) is 6.04. The highest BCUT2D eigenvalue weighted by atomic mass is 16.6. The fraction of sp³-hybridized carbons (Fsp3) is 0.833. The lowest BCUT2D eigenvalue weighted by Crippen LogP contribution is -2.59. The van der Waals surface area contributed by atoms with E-state index in [2.05, 4.69) is 5.32 Å². The fourth-order valence-electron chi connectivity index (χ4n) is 1.13. The summed E-state index contributed by atoms with van der Waals surface area (Å²) < 4.78 is 9.73. The Morgan fingerprint density at radius 3 is 2.11 bits per heavy atom. The molecule has 0 heterocycles. The lowest BCUT2D eigenvalue weighted by atomic mass is 10.00. The van der Waals surface area contributed by atoms with Gasteiger partial charge in [-0.05, 0) is 27.7 Å². The molecular weight excluding hydrogens is 238 g/mol. The number of alkyl carbamates (subject to hydrolysis) is 1. The van der Waals surface area contributed by atoms with E-state index in [-0.39, 0.29) is 6.61 Å². The van der Waals surface area contributed by atoms with Crippen LogP contribution in [0.15, 0.2) is 0 Å². The molecule has 0 saturated carbocycles. The van der Waals surface area contributed by atoms with Crippen LogP contribution >= 0.6 is 0 Å². The molecule has 1 amide bonds. The zero-order chi connectivity index (χ0) is 14.6. The molecule has 0 saturated heterocycles. The molecule has 2 N–H and O–H groups in total. The highest BCUT2D eigenvalue weighted by Crippen LogP contribution is 2.17. The number of ether oxygens (including phenoxy) is 2. The van der Waals surface area contributed by atoms with Crippen molar-refractivity contribution in [3.05, 3.63) is 0 Å². The average Bonchev–Trinajstić information content (AvgIpc) is 2.14. The molecule has 0 aliphatic carbocycles. The van der Waals surface area contributed by atoms with Crippen LogP contribution in [0.2, 0.25) is 0 Å². The maximum absolute atomic E-state index is 11.7. The first-order chi connectivity index (χ1) is 8.03. The molecular formula is C12H23NO5. The molecule has 0 fully saturated rings. The second-order valence-electron chi connectivity index (χ2n) is 5.27. The van der Waals surface area contributed by atoms with E-state index in [9.17, 15) is 14.7 Å². The van der Waals surface area contributed by atoms with Gasteiger partial charge in [0.2, 0.25) is 5.72 Å². The summed E-state index contributed by atoms with van der Waals surface area (Å²) >= 11 is 0. The van der Waals surface area contributed by atoms with Gasteiger partial charge in [-0.25, -0.2) is 9.59 Å². The summed E-state index contributed by atoms with van der Waals surface area (Å²) in [6.07, 6.45) is -0.869. The third-order valence-electron chi connectivity index (χ3n) is 2.11. The highest BCUT2D eigenvalue weighted by molar-refractivity contribution is 5.84. The first-order valence-electron chi connectivity index (χ1n) is 5.93. The van der Waals surface area contributed by atoms with Crippen LogP contribution in [-0.2, 0) is 14.3 Å². The van der Waals surface area contributed by atoms with Crippen LogP contribution in [0.3, 0.4) is 0 Å². The number of esters is 1. The Labute approximate surface area is 108 Å². The molecule has 1 atom stereocenters. The molecule has 106 valence electrons. The van der Waals surface area contributed by atoms with Crippen molar-refractivity contribution in [3.8, 4) is 0 Å². The zero-order valence-electron chi connectivity index (χ0n) is 11.9. The summed E-state index contributed by atoms with van der Waals surface area (Å²) in [5.74, 6) is -1.45. The second-order valence-corrected chi connectivity index (χ2v) is 5.27. The number of amides is 1. The lowest BCUT2D eigenvalue weighted by molar-refractivity contribution is -0.174. The minimum atomic E-state index is -2.08. The number of hydrogen-bond donors (Lipinski definition) is 2. The summed E-state index contributed by atoms with van der Waals surface area (Å²) in [6.45, 7) is 9.97. The van der Waals surface area contributed by atoms with Gasteiger partial charge in [0, 0.05) is 5.92 Å². The number of rotatable bonds is 4. The predicted octanol–water partition coefficient (Wildman–Crippen LogP) is 1.42. The molecule has 0 aliphatic heterocycles. The van der Waals surface area contributed by atoms with Crippen LogP contribution in [0.1, 0.15) is 41.5 Å². The molecule has 0 aliphatic rings. The summed E-state index contributed by atoms with van der Waals surface area (Å²) in [5.41, 5.74) is -2.80. The molecule has 18 heavy (non-hydrogen) atoms. The number of nitrogens with one attached hydrogen (secondary N) is 1. The molecule has 0 spiro atoms. The summed E-state index contributed by atoms with van der Waals surface area (Å²) in [4.78, 5) is 23.3. The normalized spacial score (nSPS) is 14.9. The Bertz CT molecular complexity index is 308. The Balaban J connectivity index is 4.83. The van der Waals surface area contributed by atoms with Crippen molar-refractivity contribution >= 4 is 12.1 Å². The van der Waals surface area contributed by atoms with Crippen molar-refractivity contribution in [2.24, 2.45) is 5.92 Å². The van der Waals surface area contributed by atoms with Gasteiger partial charge in [-0.1, -0.05) is 13.8 Å². The molecule has 0 aromatic carbocycles. The van der Waals surface area contributed by atoms with Gasteiger partial charge in [0.25, 0.3) is 0 Å². The number of carbonyl (C=O) groups is 2. The lowest BCUT2D eigenvalue weighted by Gasteiger charge is -2.31. The van der Waals surface area contributed by atoms with Crippen LogP contribution < -0.4 is 5.32 Å². The van der Waals surface area contributed by atoms with E-state index in [0.29, 0.717) is 0 Å². The van der Waals surface area contributed by atoms with Gasteiger partial charge in [-0.15, -0.1) is 0 Å². The quantitative estimate of drug-likeness (QED) is 0.590. The Morgan fingerprint density at radius 1 is 1.28 bits per heavy atom. The minimum Gasteiger partial charge on any atom is -0.462 e.